The summed E-state index contributed by atoms with van der Waals surface area (Å²) in [5.41, 5.74) is 0.969. The molecule has 0 aliphatic heterocycles. The summed E-state index contributed by atoms with van der Waals surface area (Å²) in [5.74, 6) is 0. The maximum absolute atomic E-state index is 10.2. The molecule has 0 aromatic heterocycles. The van der Waals surface area contributed by atoms with Crippen LogP contribution in [0.5, 0.6) is 0 Å². The molecule has 1 unspecified atom stereocenters. The zero-order chi connectivity index (χ0) is 9.52. The van der Waals surface area contributed by atoms with Crippen LogP contribution in [0.1, 0.15) is 5.56 Å². The van der Waals surface area contributed by atoms with Crippen molar-refractivity contribution < 1.29 is 14.6 Å². The Morgan fingerprint density at radius 3 is 2.62 bits per heavy atom. The van der Waals surface area contributed by atoms with Gasteiger partial charge in [-0.3, -0.25) is 0 Å². The van der Waals surface area contributed by atoms with Crippen molar-refractivity contribution in [1.82, 2.24) is 0 Å². The normalized spacial score (nSPS) is 12.4. The number of rotatable bonds is 5. The second-order valence-corrected chi connectivity index (χ2v) is 2.55. The first-order chi connectivity index (χ1) is 6.36. The van der Waals surface area contributed by atoms with Crippen molar-refractivity contribution in [3.8, 4) is 0 Å². The van der Waals surface area contributed by atoms with Gasteiger partial charge in [-0.2, -0.15) is 0 Å². The highest BCUT2D eigenvalue weighted by molar-refractivity contribution is 5.57. The predicted octanol–water partition coefficient (Wildman–Crippen LogP) is 1.30. The summed E-state index contributed by atoms with van der Waals surface area (Å²) in [7, 11) is 0. The van der Waals surface area contributed by atoms with Crippen LogP contribution < -0.4 is 0 Å². The van der Waals surface area contributed by atoms with Crippen LogP contribution in [-0.2, 0) is 16.1 Å². The molecule has 13 heavy (non-hydrogen) atoms. The number of aliphatic hydroxyl groups excluding tert-OH is 1. The molecule has 0 aliphatic carbocycles. The summed E-state index contributed by atoms with van der Waals surface area (Å²) in [6, 6.07) is 9.45. The summed E-state index contributed by atoms with van der Waals surface area (Å²) in [6.07, 6.45) is -0.289. The number of benzene rings is 1. The average molecular weight is 179 g/mol. The van der Waals surface area contributed by atoms with Crippen molar-refractivity contribution >= 4 is 6.29 Å². The number of hydrogen-bond donors (Lipinski definition) is 1. The molecule has 0 fully saturated rings. The van der Waals surface area contributed by atoms with E-state index in [4.69, 9.17) is 9.84 Å². The molecule has 1 rings (SSSR count). The fourth-order valence-corrected chi connectivity index (χ4v) is 0.884. The molecule has 1 atom stereocenters. The average Bonchev–Trinajstić information content (AvgIpc) is 2.21. The minimum absolute atomic E-state index is 0.321. The van der Waals surface area contributed by atoms with E-state index in [9.17, 15) is 4.79 Å². The van der Waals surface area contributed by atoms with Gasteiger partial charge in [-0.1, -0.05) is 30.3 Å². The van der Waals surface area contributed by atoms with Crippen molar-refractivity contribution in [3.05, 3.63) is 42.5 Å². The molecule has 1 aromatic rings. The highest BCUT2D eigenvalue weighted by Gasteiger charge is 2.05. The Hall–Kier alpha value is -1.19. The van der Waals surface area contributed by atoms with Crippen LogP contribution in [-0.4, -0.2) is 17.5 Å². The SMILES string of the molecule is O=CC([CH]O)OCc1ccccc1. The Morgan fingerprint density at radius 2 is 2.08 bits per heavy atom. The van der Waals surface area contributed by atoms with Crippen molar-refractivity contribution in [1.29, 1.82) is 0 Å². The third-order valence-electron chi connectivity index (χ3n) is 1.57. The van der Waals surface area contributed by atoms with E-state index in [0.717, 1.165) is 12.2 Å². The number of aldehydes is 1. The van der Waals surface area contributed by atoms with Gasteiger partial charge in [0.05, 0.1) is 6.61 Å². The molecule has 1 N–H and O–H groups in total. The maximum atomic E-state index is 10.2. The van der Waals surface area contributed by atoms with Gasteiger partial charge in [0.15, 0.2) is 6.29 Å². The van der Waals surface area contributed by atoms with E-state index < -0.39 is 6.10 Å². The Bertz CT molecular complexity index is 246. The minimum Gasteiger partial charge on any atom is -0.387 e. The second kappa shape index (κ2) is 5.45. The Kier molecular flexibility index (Phi) is 4.15. The molecule has 0 spiro atoms. The molecule has 69 valence electrons. The van der Waals surface area contributed by atoms with Gasteiger partial charge in [0.25, 0.3) is 0 Å². The molecule has 1 aromatic carbocycles. The number of hydrogen-bond acceptors (Lipinski definition) is 3. The van der Waals surface area contributed by atoms with Crippen LogP contribution in [0, 0.1) is 6.61 Å². The van der Waals surface area contributed by atoms with Crippen molar-refractivity contribution in [2.24, 2.45) is 0 Å². The van der Waals surface area contributed by atoms with Crippen LogP contribution >= 0.6 is 0 Å². The van der Waals surface area contributed by atoms with Gasteiger partial charge in [-0.15, -0.1) is 0 Å². The van der Waals surface area contributed by atoms with E-state index in [1.54, 1.807) is 0 Å². The van der Waals surface area contributed by atoms with Crippen molar-refractivity contribution in [3.63, 3.8) is 0 Å². The van der Waals surface area contributed by atoms with E-state index in [2.05, 4.69) is 0 Å². The van der Waals surface area contributed by atoms with Crippen LogP contribution in [0.15, 0.2) is 30.3 Å². The van der Waals surface area contributed by atoms with Gasteiger partial charge in [0.2, 0.25) is 0 Å². The van der Waals surface area contributed by atoms with Crippen molar-refractivity contribution in [2.75, 3.05) is 0 Å². The lowest BCUT2D eigenvalue weighted by atomic mass is 10.2. The van der Waals surface area contributed by atoms with Gasteiger partial charge in [-0.25, -0.2) is 0 Å². The highest BCUT2D eigenvalue weighted by Crippen LogP contribution is 2.02. The van der Waals surface area contributed by atoms with Gasteiger partial charge in [0.1, 0.15) is 12.7 Å². The lowest BCUT2D eigenvalue weighted by molar-refractivity contribution is -0.118. The van der Waals surface area contributed by atoms with Crippen LogP contribution in [0.4, 0.5) is 0 Å². The summed E-state index contributed by atoms with van der Waals surface area (Å²) >= 11 is 0. The first-order valence-corrected chi connectivity index (χ1v) is 3.95. The molecule has 3 heteroatoms. The number of aliphatic hydroxyl groups is 1. The predicted molar refractivity (Wildman–Crippen MR) is 47.3 cm³/mol. The Labute approximate surface area is 77.0 Å². The zero-order valence-corrected chi connectivity index (χ0v) is 7.09. The topological polar surface area (TPSA) is 46.5 Å². The fourth-order valence-electron chi connectivity index (χ4n) is 0.884. The second-order valence-electron chi connectivity index (χ2n) is 2.55. The summed E-state index contributed by atoms with van der Waals surface area (Å²) < 4.78 is 5.05. The fraction of sp³-hybridized carbons (Fsp3) is 0.200. The number of carbonyl (C=O) groups is 1. The first-order valence-electron chi connectivity index (χ1n) is 3.95. The standard InChI is InChI=1S/C10H11O3/c11-6-10(7-12)13-8-9-4-2-1-3-5-9/h1-7,10-11H,8H2. The molecular formula is C10H11O3. The Morgan fingerprint density at radius 1 is 1.38 bits per heavy atom. The molecule has 1 radical (unpaired) electrons. The number of ether oxygens (including phenoxy) is 1. The monoisotopic (exact) mass is 179 g/mol. The minimum atomic E-state index is -0.833. The van der Waals surface area contributed by atoms with E-state index in [-0.39, 0.29) is 0 Å². The van der Waals surface area contributed by atoms with Crippen LogP contribution in [0.25, 0.3) is 0 Å². The smallest absolute Gasteiger partial charge is 0.151 e. The zero-order valence-electron chi connectivity index (χ0n) is 7.09. The highest BCUT2D eigenvalue weighted by atomic mass is 16.5. The third-order valence-corrected chi connectivity index (χ3v) is 1.57. The molecule has 0 bridgehead atoms. The third kappa shape index (κ3) is 3.36. The molecule has 0 amide bonds. The molecule has 0 saturated carbocycles. The lowest BCUT2D eigenvalue weighted by Crippen LogP contribution is -2.14. The van der Waals surface area contributed by atoms with Gasteiger partial charge in [0, 0.05) is 0 Å². The van der Waals surface area contributed by atoms with Crippen LogP contribution in [0.2, 0.25) is 0 Å². The lowest BCUT2D eigenvalue weighted by Gasteiger charge is -2.07. The quantitative estimate of drug-likeness (QED) is 0.693. The largest absolute Gasteiger partial charge is 0.387 e. The van der Waals surface area contributed by atoms with E-state index in [1.807, 2.05) is 30.3 Å². The first kappa shape index (κ1) is 9.89. The van der Waals surface area contributed by atoms with Crippen LogP contribution in [0.3, 0.4) is 0 Å². The summed E-state index contributed by atoms with van der Waals surface area (Å²) in [6.45, 7) is 1.05. The van der Waals surface area contributed by atoms with E-state index in [1.165, 1.54) is 0 Å². The van der Waals surface area contributed by atoms with Crippen molar-refractivity contribution in [2.45, 2.75) is 12.7 Å². The molecule has 3 nitrogen and oxygen atoms in total. The van der Waals surface area contributed by atoms with E-state index >= 15 is 0 Å². The van der Waals surface area contributed by atoms with E-state index in [0.29, 0.717) is 12.9 Å². The van der Waals surface area contributed by atoms with Gasteiger partial charge in [-0.05, 0) is 5.56 Å². The molecule has 0 saturated heterocycles. The summed E-state index contributed by atoms with van der Waals surface area (Å²) in [5, 5.41) is 8.52. The molecule has 0 heterocycles. The maximum Gasteiger partial charge on any atom is 0.151 e. The summed E-state index contributed by atoms with van der Waals surface area (Å²) in [4.78, 5) is 10.2. The molecular weight excluding hydrogens is 168 g/mol. The Balaban J connectivity index is 2.38. The van der Waals surface area contributed by atoms with Gasteiger partial charge < -0.3 is 14.6 Å². The van der Waals surface area contributed by atoms with Gasteiger partial charge >= 0.3 is 0 Å². The molecule has 0 aliphatic rings. The number of carbonyl (C=O) groups excluding carboxylic acids is 1.